The van der Waals surface area contributed by atoms with Gasteiger partial charge in [-0.25, -0.2) is 4.98 Å². The van der Waals surface area contributed by atoms with E-state index in [4.69, 9.17) is 5.26 Å². The first kappa shape index (κ1) is 7.56. The normalized spacial score (nSPS) is 9.77. The molecule has 0 saturated carbocycles. The van der Waals surface area contributed by atoms with E-state index in [2.05, 4.69) is 4.98 Å². The van der Waals surface area contributed by atoms with Crippen LogP contribution in [0.2, 0.25) is 0 Å². The van der Waals surface area contributed by atoms with Crippen LogP contribution in [0.15, 0.2) is 30.3 Å². The van der Waals surface area contributed by atoms with E-state index in [0.29, 0.717) is 0 Å². The minimum atomic E-state index is -0.0683. The lowest BCUT2D eigenvalue weighted by Gasteiger charge is -1.98. The molecule has 0 aliphatic rings. The van der Waals surface area contributed by atoms with Crippen molar-refractivity contribution in [3.05, 3.63) is 36.0 Å². The molecule has 0 spiro atoms. The molecule has 62 valence electrons. The standard InChI is InChI=1S/C10H6N2O/c11-6-9-10(13)5-7-3-1-2-4-8(7)12-9/h1-5,13H. The molecular weight excluding hydrogens is 164 g/mol. The van der Waals surface area contributed by atoms with Crippen LogP contribution in [0, 0.1) is 11.3 Å². The summed E-state index contributed by atoms with van der Waals surface area (Å²) in [5.41, 5.74) is 0.788. The first-order valence-corrected chi connectivity index (χ1v) is 3.80. The summed E-state index contributed by atoms with van der Waals surface area (Å²) in [6.07, 6.45) is 0. The molecule has 2 rings (SSSR count). The second kappa shape index (κ2) is 2.76. The molecule has 0 amide bonds. The van der Waals surface area contributed by atoms with Crippen molar-refractivity contribution in [1.82, 2.24) is 4.98 Å². The second-order valence-electron chi connectivity index (χ2n) is 2.66. The van der Waals surface area contributed by atoms with Crippen LogP contribution in [0.25, 0.3) is 10.9 Å². The number of hydrogen-bond acceptors (Lipinski definition) is 3. The summed E-state index contributed by atoms with van der Waals surface area (Å²) in [6.45, 7) is 0. The van der Waals surface area contributed by atoms with Crippen LogP contribution < -0.4 is 0 Å². The Morgan fingerprint density at radius 3 is 2.85 bits per heavy atom. The maximum Gasteiger partial charge on any atom is 0.182 e. The first-order valence-electron chi connectivity index (χ1n) is 3.80. The molecule has 0 aliphatic heterocycles. The number of para-hydroxylation sites is 1. The van der Waals surface area contributed by atoms with Crippen LogP contribution in [-0.4, -0.2) is 10.1 Å². The molecule has 3 nitrogen and oxygen atoms in total. The van der Waals surface area contributed by atoms with Crippen LogP contribution in [-0.2, 0) is 0 Å². The van der Waals surface area contributed by atoms with Crippen molar-refractivity contribution in [2.75, 3.05) is 0 Å². The molecule has 1 aromatic carbocycles. The van der Waals surface area contributed by atoms with Gasteiger partial charge in [-0.1, -0.05) is 18.2 Å². The maximum atomic E-state index is 9.32. The average molecular weight is 170 g/mol. The van der Waals surface area contributed by atoms with Crippen molar-refractivity contribution in [3.63, 3.8) is 0 Å². The molecule has 1 aromatic heterocycles. The number of hydrogen-bond donors (Lipinski definition) is 1. The molecule has 1 heterocycles. The molecule has 0 unspecified atom stereocenters. The highest BCUT2D eigenvalue weighted by molar-refractivity contribution is 5.80. The zero-order valence-electron chi connectivity index (χ0n) is 6.73. The number of nitriles is 1. The molecule has 13 heavy (non-hydrogen) atoms. The van der Waals surface area contributed by atoms with Gasteiger partial charge in [0, 0.05) is 5.39 Å². The van der Waals surface area contributed by atoms with Crippen LogP contribution in [0.3, 0.4) is 0 Å². The number of rotatable bonds is 0. The van der Waals surface area contributed by atoms with Gasteiger partial charge in [-0.2, -0.15) is 5.26 Å². The SMILES string of the molecule is N#Cc1nc2ccccc2cc1O. The molecular formula is C10H6N2O. The summed E-state index contributed by atoms with van der Waals surface area (Å²) in [6, 6.07) is 10.7. The van der Waals surface area contributed by atoms with Crippen molar-refractivity contribution in [2.24, 2.45) is 0 Å². The van der Waals surface area contributed by atoms with Gasteiger partial charge in [-0.15, -0.1) is 0 Å². The molecule has 2 aromatic rings. The smallest absolute Gasteiger partial charge is 0.182 e. The van der Waals surface area contributed by atoms with Crippen molar-refractivity contribution < 1.29 is 5.11 Å². The van der Waals surface area contributed by atoms with E-state index in [0.717, 1.165) is 10.9 Å². The predicted octanol–water partition coefficient (Wildman–Crippen LogP) is 1.81. The Bertz CT molecular complexity index is 500. The minimum absolute atomic E-state index is 0.0682. The quantitative estimate of drug-likeness (QED) is 0.656. The van der Waals surface area contributed by atoms with Gasteiger partial charge < -0.3 is 5.11 Å². The monoisotopic (exact) mass is 170 g/mol. The maximum absolute atomic E-state index is 9.32. The second-order valence-corrected chi connectivity index (χ2v) is 2.66. The third-order valence-electron chi connectivity index (χ3n) is 1.81. The average Bonchev–Trinajstić information content (AvgIpc) is 2.17. The van der Waals surface area contributed by atoms with Crippen LogP contribution in [0.4, 0.5) is 0 Å². The molecule has 0 bridgehead atoms. The summed E-state index contributed by atoms with van der Waals surface area (Å²) in [4.78, 5) is 3.98. The Kier molecular flexibility index (Phi) is 1.60. The number of aromatic hydroxyl groups is 1. The van der Waals surface area contributed by atoms with Crippen molar-refractivity contribution >= 4 is 10.9 Å². The van der Waals surface area contributed by atoms with E-state index in [1.54, 1.807) is 12.1 Å². The minimum Gasteiger partial charge on any atom is -0.505 e. The van der Waals surface area contributed by atoms with E-state index in [9.17, 15) is 5.11 Å². The molecule has 1 N–H and O–H groups in total. The summed E-state index contributed by atoms with van der Waals surface area (Å²) >= 11 is 0. The van der Waals surface area contributed by atoms with Crippen molar-refractivity contribution in [3.8, 4) is 11.8 Å². The van der Waals surface area contributed by atoms with Crippen LogP contribution >= 0.6 is 0 Å². The molecule has 0 saturated heterocycles. The van der Waals surface area contributed by atoms with Gasteiger partial charge in [0.2, 0.25) is 0 Å². The van der Waals surface area contributed by atoms with Gasteiger partial charge in [-0.3, -0.25) is 0 Å². The highest BCUT2D eigenvalue weighted by atomic mass is 16.3. The van der Waals surface area contributed by atoms with Crippen LogP contribution in [0.5, 0.6) is 5.75 Å². The molecule has 0 atom stereocenters. The number of fused-ring (bicyclic) bond motifs is 1. The van der Waals surface area contributed by atoms with Crippen molar-refractivity contribution in [1.29, 1.82) is 5.26 Å². The lowest BCUT2D eigenvalue weighted by atomic mass is 10.2. The zero-order valence-corrected chi connectivity index (χ0v) is 6.73. The number of nitrogens with zero attached hydrogens (tertiary/aromatic N) is 2. The van der Waals surface area contributed by atoms with E-state index in [-0.39, 0.29) is 11.4 Å². The highest BCUT2D eigenvalue weighted by Crippen LogP contribution is 2.20. The van der Waals surface area contributed by atoms with E-state index in [1.807, 2.05) is 24.3 Å². The topological polar surface area (TPSA) is 56.9 Å². The fraction of sp³-hybridized carbons (Fsp3) is 0. The van der Waals surface area contributed by atoms with Gasteiger partial charge >= 0.3 is 0 Å². The Hall–Kier alpha value is -2.08. The predicted molar refractivity (Wildman–Crippen MR) is 48.1 cm³/mol. The van der Waals surface area contributed by atoms with E-state index < -0.39 is 0 Å². The van der Waals surface area contributed by atoms with Gasteiger partial charge in [-0.05, 0) is 12.1 Å². The van der Waals surface area contributed by atoms with Crippen molar-refractivity contribution in [2.45, 2.75) is 0 Å². The molecule has 0 fully saturated rings. The summed E-state index contributed by atoms with van der Waals surface area (Å²) in [5.74, 6) is -0.0683. The highest BCUT2D eigenvalue weighted by Gasteiger charge is 2.03. The third kappa shape index (κ3) is 1.18. The summed E-state index contributed by atoms with van der Waals surface area (Å²) in [5, 5.41) is 18.8. The lowest BCUT2D eigenvalue weighted by molar-refractivity contribution is 0.472. The fourth-order valence-corrected chi connectivity index (χ4v) is 1.19. The van der Waals surface area contributed by atoms with Gasteiger partial charge in [0.25, 0.3) is 0 Å². The number of pyridine rings is 1. The third-order valence-corrected chi connectivity index (χ3v) is 1.81. The summed E-state index contributed by atoms with van der Waals surface area (Å²) < 4.78 is 0. The number of benzene rings is 1. The molecule has 0 radical (unpaired) electrons. The number of aromatic nitrogens is 1. The van der Waals surface area contributed by atoms with E-state index in [1.165, 1.54) is 0 Å². The molecule has 3 heteroatoms. The largest absolute Gasteiger partial charge is 0.505 e. The fourth-order valence-electron chi connectivity index (χ4n) is 1.19. The van der Waals surface area contributed by atoms with Gasteiger partial charge in [0.1, 0.15) is 6.07 Å². The summed E-state index contributed by atoms with van der Waals surface area (Å²) in [7, 11) is 0. The Morgan fingerprint density at radius 1 is 1.31 bits per heavy atom. The Balaban J connectivity index is 2.83. The lowest BCUT2D eigenvalue weighted by Crippen LogP contribution is -1.84. The Labute approximate surface area is 74.9 Å². The molecule has 0 aliphatic carbocycles. The van der Waals surface area contributed by atoms with Gasteiger partial charge in [0.05, 0.1) is 5.52 Å². The van der Waals surface area contributed by atoms with E-state index >= 15 is 0 Å². The first-order chi connectivity index (χ1) is 6.31. The Morgan fingerprint density at radius 2 is 2.08 bits per heavy atom. The van der Waals surface area contributed by atoms with Gasteiger partial charge in [0.15, 0.2) is 11.4 Å². The van der Waals surface area contributed by atoms with Crippen LogP contribution in [0.1, 0.15) is 5.69 Å². The zero-order chi connectivity index (χ0) is 9.26.